The second-order valence-corrected chi connectivity index (χ2v) is 5.68. The Labute approximate surface area is 123 Å². The average Bonchev–Trinajstić information content (AvgIpc) is 2.41. The summed E-state index contributed by atoms with van der Waals surface area (Å²) in [5.74, 6) is 0.249. The van der Waals surface area contributed by atoms with Gasteiger partial charge in [0, 0.05) is 22.0 Å². The van der Waals surface area contributed by atoms with E-state index in [0.29, 0.717) is 11.4 Å². The van der Waals surface area contributed by atoms with E-state index in [-0.39, 0.29) is 5.91 Å². The van der Waals surface area contributed by atoms with E-state index in [1.165, 1.54) is 11.8 Å². The van der Waals surface area contributed by atoms with E-state index in [0.717, 1.165) is 15.2 Å². The minimum absolute atomic E-state index is 0.0699. The van der Waals surface area contributed by atoms with Crippen molar-refractivity contribution in [3.05, 3.63) is 47.1 Å². The predicted octanol–water partition coefficient (Wildman–Crippen LogP) is 3.16. The lowest BCUT2D eigenvalue weighted by Crippen LogP contribution is -2.14. The summed E-state index contributed by atoms with van der Waals surface area (Å²) in [5, 5.41) is 3.61. The van der Waals surface area contributed by atoms with Crippen LogP contribution in [0.3, 0.4) is 0 Å². The van der Waals surface area contributed by atoms with Crippen LogP contribution in [0.15, 0.2) is 52.1 Å². The van der Waals surface area contributed by atoms with E-state index in [1.807, 2.05) is 12.1 Å². The molecule has 0 aliphatic heterocycles. The Morgan fingerprint density at radius 1 is 1.26 bits per heavy atom. The van der Waals surface area contributed by atoms with Crippen LogP contribution in [0.5, 0.6) is 0 Å². The van der Waals surface area contributed by atoms with Crippen molar-refractivity contribution in [3.8, 4) is 0 Å². The minimum atomic E-state index is -0.0699. The number of nitrogens with two attached hydrogens (primary N) is 1. The first kappa shape index (κ1) is 13.9. The lowest BCUT2D eigenvalue weighted by atomic mass is 10.3. The van der Waals surface area contributed by atoms with Gasteiger partial charge in [0.05, 0.1) is 10.8 Å². The topological polar surface area (TPSA) is 68.0 Å². The average molecular weight is 338 g/mol. The zero-order valence-corrected chi connectivity index (χ0v) is 12.4. The zero-order valence-electron chi connectivity index (χ0n) is 9.97. The Kier molecular flexibility index (Phi) is 4.81. The maximum Gasteiger partial charge on any atom is 0.234 e. The number of hydrogen-bond acceptors (Lipinski definition) is 4. The van der Waals surface area contributed by atoms with Crippen LogP contribution in [-0.4, -0.2) is 16.6 Å². The van der Waals surface area contributed by atoms with Crippen LogP contribution >= 0.6 is 27.7 Å². The Morgan fingerprint density at radius 3 is 2.63 bits per heavy atom. The van der Waals surface area contributed by atoms with Crippen LogP contribution in [-0.2, 0) is 4.79 Å². The molecule has 0 aliphatic carbocycles. The molecular formula is C13H12BrN3OS. The number of anilines is 2. The molecule has 0 atom stereocenters. The number of benzene rings is 1. The largest absolute Gasteiger partial charge is 0.399 e. The van der Waals surface area contributed by atoms with Gasteiger partial charge in [-0.1, -0.05) is 11.8 Å². The second-order valence-electron chi connectivity index (χ2n) is 3.77. The molecule has 0 spiro atoms. The summed E-state index contributed by atoms with van der Waals surface area (Å²) in [5.41, 5.74) is 6.99. The van der Waals surface area contributed by atoms with Crippen molar-refractivity contribution in [2.75, 3.05) is 16.8 Å². The van der Waals surface area contributed by atoms with Gasteiger partial charge < -0.3 is 11.1 Å². The van der Waals surface area contributed by atoms with Crippen LogP contribution in [0.1, 0.15) is 0 Å². The highest BCUT2D eigenvalue weighted by Crippen LogP contribution is 2.18. The van der Waals surface area contributed by atoms with Gasteiger partial charge >= 0.3 is 0 Å². The summed E-state index contributed by atoms with van der Waals surface area (Å²) in [6.07, 6.45) is 1.71. The van der Waals surface area contributed by atoms with E-state index in [4.69, 9.17) is 5.73 Å². The molecule has 2 rings (SSSR count). The zero-order chi connectivity index (χ0) is 13.7. The predicted molar refractivity (Wildman–Crippen MR) is 82.1 cm³/mol. The third kappa shape index (κ3) is 4.57. The van der Waals surface area contributed by atoms with Crippen molar-refractivity contribution >= 4 is 45.0 Å². The van der Waals surface area contributed by atoms with Gasteiger partial charge in [-0.15, -0.1) is 0 Å². The molecule has 4 nitrogen and oxygen atoms in total. The summed E-state index contributed by atoms with van der Waals surface area (Å²) in [7, 11) is 0. The van der Waals surface area contributed by atoms with Crippen LogP contribution in [0.2, 0.25) is 0 Å². The lowest BCUT2D eigenvalue weighted by molar-refractivity contribution is -0.113. The number of carbonyl (C=O) groups is 1. The van der Waals surface area contributed by atoms with Crippen LogP contribution in [0.4, 0.5) is 11.4 Å². The van der Waals surface area contributed by atoms with Crippen LogP contribution < -0.4 is 11.1 Å². The number of carbonyl (C=O) groups excluding carboxylic acids is 1. The van der Waals surface area contributed by atoms with E-state index >= 15 is 0 Å². The summed E-state index contributed by atoms with van der Waals surface area (Å²) < 4.78 is 0.920. The number of hydrogen-bond donors (Lipinski definition) is 2. The quantitative estimate of drug-likeness (QED) is 0.664. The normalized spacial score (nSPS) is 10.2. The number of nitrogens with zero attached hydrogens (tertiary/aromatic N) is 1. The molecule has 0 aliphatic rings. The molecule has 0 saturated carbocycles. The van der Waals surface area contributed by atoms with Crippen molar-refractivity contribution < 1.29 is 4.79 Å². The fourth-order valence-electron chi connectivity index (χ4n) is 1.35. The highest BCUT2D eigenvalue weighted by Gasteiger charge is 2.04. The number of nitrogen functional groups attached to an aromatic ring is 1. The van der Waals surface area contributed by atoms with Gasteiger partial charge in [-0.05, 0) is 52.3 Å². The molecule has 6 heteroatoms. The third-order valence-corrected chi connectivity index (χ3v) is 3.66. The van der Waals surface area contributed by atoms with Gasteiger partial charge in [0.2, 0.25) is 5.91 Å². The van der Waals surface area contributed by atoms with Gasteiger partial charge in [0.1, 0.15) is 0 Å². The monoisotopic (exact) mass is 337 g/mol. The van der Waals surface area contributed by atoms with Crippen LogP contribution in [0.25, 0.3) is 0 Å². The Morgan fingerprint density at radius 2 is 2.00 bits per heavy atom. The molecule has 2 aromatic rings. The molecule has 0 bridgehead atoms. The second kappa shape index (κ2) is 6.58. The molecule has 19 heavy (non-hydrogen) atoms. The highest BCUT2D eigenvalue weighted by molar-refractivity contribution is 9.10. The van der Waals surface area contributed by atoms with Crippen molar-refractivity contribution in [2.24, 2.45) is 0 Å². The molecule has 0 unspecified atom stereocenters. The summed E-state index contributed by atoms with van der Waals surface area (Å²) in [6, 6.07) is 10.8. The number of halogens is 1. The third-order valence-electron chi connectivity index (χ3n) is 2.25. The summed E-state index contributed by atoms with van der Waals surface area (Å²) in [6.45, 7) is 0. The Balaban J connectivity index is 1.84. The van der Waals surface area contributed by atoms with Gasteiger partial charge in [-0.25, -0.2) is 4.98 Å². The first-order valence-electron chi connectivity index (χ1n) is 5.53. The summed E-state index contributed by atoms with van der Waals surface area (Å²) >= 11 is 4.71. The lowest BCUT2D eigenvalue weighted by Gasteiger charge is -2.05. The molecule has 1 amide bonds. The fourth-order valence-corrected chi connectivity index (χ4v) is 2.23. The van der Waals surface area contributed by atoms with Crippen LogP contribution in [0, 0.1) is 0 Å². The van der Waals surface area contributed by atoms with Crippen molar-refractivity contribution in [1.29, 1.82) is 0 Å². The minimum Gasteiger partial charge on any atom is -0.399 e. The molecule has 0 radical (unpaired) electrons. The Hall–Kier alpha value is -1.53. The highest BCUT2D eigenvalue weighted by atomic mass is 79.9. The number of rotatable bonds is 4. The molecule has 1 aromatic carbocycles. The van der Waals surface area contributed by atoms with E-state index in [2.05, 4.69) is 26.2 Å². The Bertz CT molecular complexity index is 557. The molecule has 0 fully saturated rings. The maximum absolute atomic E-state index is 11.7. The number of thioether (sulfide) groups is 1. The van der Waals surface area contributed by atoms with Crippen molar-refractivity contribution in [3.63, 3.8) is 0 Å². The van der Waals surface area contributed by atoms with E-state index in [9.17, 15) is 4.79 Å². The van der Waals surface area contributed by atoms with Gasteiger partial charge in [0.15, 0.2) is 0 Å². The smallest absolute Gasteiger partial charge is 0.234 e. The van der Waals surface area contributed by atoms with Crippen molar-refractivity contribution in [1.82, 2.24) is 4.98 Å². The molecule has 98 valence electrons. The van der Waals surface area contributed by atoms with Gasteiger partial charge in [-0.2, -0.15) is 0 Å². The SMILES string of the molecule is Nc1ccc(NC(=O)CSc2ccc(Br)cn2)cc1. The summed E-state index contributed by atoms with van der Waals surface area (Å²) in [4.78, 5) is 15.9. The first-order chi connectivity index (χ1) is 9.13. The molecule has 1 heterocycles. The molecule has 3 N–H and O–H groups in total. The van der Waals surface area contributed by atoms with E-state index in [1.54, 1.807) is 30.5 Å². The van der Waals surface area contributed by atoms with Gasteiger partial charge in [0.25, 0.3) is 0 Å². The molecule has 1 aromatic heterocycles. The fraction of sp³-hybridized carbons (Fsp3) is 0.0769. The molecular weight excluding hydrogens is 326 g/mol. The van der Waals surface area contributed by atoms with Gasteiger partial charge in [-0.3, -0.25) is 4.79 Å². The maximum atomic E-state index is 11.7. The van der Waals surface area contributed by atoms with Crippen molar-refractivity contribution in [2.45, 2.75) is 5.03 Å². The molecule has 0 saturated heterocycles. The standard InChI is InChI=1S/C13H12BrN3OS/c14-9-1-6-13(16-7-9)19-8-12(18)17-11-4-2-10(15)3-5-11/h1-7H,8,15H2,(H,17,18). The van der Waals surface area contributed by atoms with E-state index < -0.39 is 0 Å². The number of nitrogens with one attached hydrogen (secondary N) is 1. The first-order valence-corrected chi connectivity index (χ1v) is 7.31. The number of pyridine rings is 1. The number of aromatic nitrogens is 1. The number of amides is 1.